The van der Waals surface area contributed by atoms with Crippen LogP contribution in [-0.4, -0.2) is 121 Å². The van der Waals surface area contributed by atoms with Crippen molar-refractivity contribution in [2.75, 3.05) is 39.3 Å². The van der Waals surface area contributed by atoms with Crippen molar-refractivity contribution in [3.8, 4) is 22.5 Å². The molecule has 4 aromatic heterocycles. The zero-order chi connectivity index (χ0) is 51.6. The summed E-state index contributed by atoms with van der Waals surface area (Å²) >= 11 is 0. The molecule has 0 atom stereocenters. The fourth-order valence-corrected chi connectivity index (χ4v) is 10.4. The lowest BCUT2D eigenvalue weighted by molar-refractivity contribution is -0.148. The molecule has 4 aliphatic rings. The number of pyridine rings is 2. The van der Waals surface area contributed by atoms with E-state index >= 15 is 0 Å². The van der Waals surface area contributed by atoms with Gasteiger partial charge in [0.2, 0.25) is 11.8 Å². The first-order valence-electron chi connectivity index (χ1n) is 24.9. The zero-order valence-corrected chi connectivity index (χ0v) is 42.1. The number of aromatic nitrogens is 2. The van der Waals surface area contributed by atoms with Gasteiger partial charge in [0.15, 0.2) is 22.7 Å². The number of carbonyl (C=O) groups excluding carboxylic acids is 5. The largest absolute Gasteiger partial charge is 0.449 e. The Labute approximate surface area is 417 Å². The van der Waals surface area contributed by atoms with Gasteiger partial charge in [-0.05, 0) is 113 Å². The summed E-state index contributed by atoms with van der Waals surface area (Å²) < 4.78 is 39.1. The number of ketones is 1. The van der Waals surface area contributed by atoms with E-state index in [1.807, 2.05) is 72.4 Å². The third-order valence-corrected chi connectivity index (χ3v) is 14.6. The van der Waals surface area contributed by atoms with Crippen molar-refractivity contribution < 1.29 is 46.7 Å². The van der Waals surface area contributed by atoms with E-state index < -0.39 is 11.1 Å². The summed E-state index contributed by atoms with van der Waals surface area (Å²) in [4.78, 5) is 80.6. The van der Waals surface area contributed by atoms with Crippen LogP contribution in [0.4, 0.5) is 8.78 Å². The van der Waals surface area contributed by atoms with E-state index in [2.05, 4.69) is 0 Å². The van der Waals surface area contributed by atoms with Crippen LogP contribution in [0, 0.1) is 23.5 Å². The Morgan fingerprint density at radius 3 is 1.35 bits per heavy atom. The lowest BCUT2D eigenvalue weighted by atomic mass is 9.81. The Bertz CT molecular complexity index is 3070. The number of amides is 4. The molecule has 0 bridgehead atoms. The molecule has 2 aliphatic heterocycles. The predicted molar refractivity (Wildman–Crippen MR) is 267 cm³/mol. The smallest absolute Gasteiger partial charge is 0.290 e. The van der Waals surface area contributed by atoms with E-state index in [9.17, 15) is 37.9 Å². The molecular formula is C56H62F2N6O8. The molecule has 6 heterocycles. The monoisotopic (exact) mass is 984 g/mol. The van der Waals surface area contributed by atoms with Crippen LogP contribution in [0.15, 0.2) is 81.6 Å². The van der Waals surface area contributed by atoms with Crippen molar-refractivity contribution in [3.63, 3.8) is 0 Å². The SMILES string of the molecule is CC(C)c1cc(-c2ccc(F)cc2)nc2cc(C(=O)N3CCN(C(=O)C4CC(=O)C4)CC3(C)C)oc12.CC(C)c1cc(-c2ccc(F)cc2)nc2cc(C(=O)N3CCN(C(=O)C4CC(O)C4)CC3(C)C)oc12. The third kappa shape index (κ3) is 9.89. The second kappa shape index (κ2) is 19.3. The van der Waals surface area contributed by atoms with Crippen LogP contribution in [0.2, 0.25) is 0 Å². The molecule has 2 aromatic carbocycles. The summed E-state index contributed by atoms with van der Waals surface area (Å²) in [7, 11) is 0. The number of benzene rings is 2. The standard InChI is InChI=1S/C28H32FN3O4.C28H30FN3O4/c2*1-16(2)21-13-22(17-5-7-19(29)8-6-17)30-23-14-24(36-25(21)23)27(35)32-10-9-31(15-28(32,3)4)26(34)18-11-20(33)12-18/h5-8,13-14,16,18,20,33H,9-12,15H2,1-4H3;5-8,13-14,16,18H,9-12,15H2,1-4H3. The maximum Gasteiger partial charge on any atom is 0.290 e. The average molecular weight is 985 g/mol. The van der Waals surface area contributed by atoms with Crippen molar-refractivity contribution in [1.82, 2.24) is 29.6 Å². The number of fused-ring (bicyclic) bond motifs is 2. The average Bonchev–Trinajstić information content (AvgIpc) is 3.96. The highest BCUT2D eigenvalue weighted by Gasteiger charge is 2.45. The topological polar surface area (TPSA) is 171 Å². The van der Waals surface area contributed by atoms with E-state index in [0.29, 0.717) is 98.5 Å². The summed E-state index contributed by atoms with van der Waals surface area (Å²) in [6.45, 7) is 18.4. The summed E-state index contributed by atoms with van der Waals surface area (Å²) in [5.74, 6) is -0.605. The number of furan rings is 2. The molecule has 4 amide bonds. The van der Waals surface area contributed by atoms with Crippen LogP contribution in [0.3, 0.4) is 0 Å². The first-order valence-corrected chi connectivity index (χ1v) is 24.9. The summed E-state index contributed by atoms with van der Waals surface area (Å²) in [5, 5.41) is 9.56. The van der Waals surface area contributed by atoms with Gasteiger partial charge < -0.3 is 33.5 Å². The van der Waals surface area contributed by atoms with Gasteiger partial charge in [0, 0.05) is 92.4 Å². The highest BCUT2D eigenvalue weighted by Crippen LogP contribution is 2.37. The normalized spacial score (nSPS) is 19.9. The van der Waals surface area contributed by atoms with E-state index in [1.54, 1.807) is 51.1 Å². The molecule has 2 aliphatic carbocycles. The van der Waals surface area contributed by atoms with E-state index in [-0.39, 0.29) is 82.3 Å². The maximum atomic E-state index is 13.6. The van der Waals surface area contributed by atoms with Crippen molar-refractivity contribution in [2.45, 2.75) is 110 Å². The number of halogens is 2. The van der Waals surface area contributed by atoms with Gasteiger partial charge >= 0.3 is 0 Å². The Morgan fingerprint density at radius 2 is 1.00 bits per heavy atom. The van der Waals surface area contributed by atoms with Gasteiger partial charge in [0.25, 0.3) is 11.8 Å². The number of carbonyl (C=O) groups is 5. The Morgan fingerprint density at radius 1 is 0.611 bits per heavy atom. The summed E-state index contributed by atoms with van der Waals surface area (Å²) in [5.41, 5.74) is 5.91. The molecule has 0 unspecified atom stereocenters. The minimum absolute atomic E-state index is 0.00221. The number of rotatable bonds is 8. The van der Waals surface area contributed by atoms with Crippen molar-refractivity contribution in [3.05, 3.63) is 107 Å². The van der Waals surface area contributed by atoms with Gasteiger partial charge in [-0.15, -0.1) is 0 Å². The molecular weight excluding hydrogens is 923 g/mol. The van der Waals surface area contributed by atoms with Crippen molar-refractivity contribution >= 4 is 51.6 Å². The number of Topliss-reactive ketones (excluding diaryl/α,β-unsaturated/α-hetero) is 1. The summed E-state index contributed by atoms with van der Waals surface area (Å²) in [6.07, 6.45) is 1.30. The van der Waals surface area contributed by atoms with Crippen molar-refractivity contribution in [1.29, 1.82) is 0 Å². The first-order chi connectivity index (χ1) is 34.1. The Hall–Kier alpha value is -6.81. The number of hydrogen-bond acceptors (Lipinski definition) is 10. The molecule has 72 heavy (non-hydrogen) atoms. The van der Waals surface area contributed by atoms with Crippen molar-refractivity contribution in [2.24, 2.45) is 11.8 Å². The van der Waals surface area contributed by atoms with Gasteiger partial charge in [0.1, 0.15) is 28.5 Å². The third-order valence-electron chi connectivity index (χ3n) is 14.6. The van der Waals surface area contributed by atoms with Gasteiger partial charge in [-0.1, -0.05) is 27.7 Å². The number of nitrogens with zero attached hydrogens (tertiary/aromatic N) is 6. The molecule has 10 rings (SSSR count). The first kappa shape index (κ1) is 50.1. The lowest BCUT2D eigenvalue weighted by Gasteiger charge is -2.48. The van der Waals surface area contributed by atoms with Gasteiger partial charge in [-0.25, -0.2) is 18.7 Å². The molecule has 2 saturated carbocycles. The van der Waals surface area contributed by atoms with Crippen LogP contribution >= 0.6 is 0 Å². The van der Waals surface area contributed by atoms with Gasteiger partial charge in [0.05, 0.1) is 34.5 Å². The Kier molecular flexibility index (Phi) is 13.5. The second-order valence-corrected chi connectivity index (χ2v) is 21.7. The molecule has 2 saturated heterocycles. The zero-order valence-electron chi connectivity index (χ0n) is 42.1. The van der Waals surface area contributed by atoms with Gasteiger partial charge in [-0.3, -0.25) is 24.0 Å². The van der Waals surface area contributed by atoms with Crippen LogP contribution in [0.1, 0.15) is 125 Å². The van der Waals surface area contributed by atoms with Crippen LogP contribution in [0.5, 0.6) is 0 Å². The second-order valence-electron chi connectivity index (χ2n) is 21.7. The molecule has 14 nitrogen and oxygen atoms in total. The molecule has 0 spiro atoms. The fourth-order valence-electron chi connectivity index (χ4n) is 10.4. The molecule has 16 heteroatoms. The van der Waals surface area contributed by atoms with Gasteiger partial charge in [-0.2, -0.15) is 0 Å². The van der Waals surface area contributed by atoms with E-state index in [1.165, 1.54) is 24.3 Å². The number of hydrogen-bond donors (Lipinski definition) is 1. The highest BCUT2D eigenvalue weighted by atomic mass is 19.1. The predicted octanol–water partition coefficient (Wildman–Crippen LogP) is 9.39. The number of aliphatic hydroxyl groups excluding tert-OH is 1. The lowest BCUT2D eigenvalue weighted by Crippen LogP contribution is -2.63. The molecule has 6 aromatic rings. The highest BCUT2D eigenvalue weighted by molar-refractivity contribution is 5.99. The molecule has 4 fully saturated rings. The molecule has 0 radical (unpaired) electrons. The maximum absolute atomic E-state index is 13.6. The van der Waals surface area contributed by atoms with Crippen LogP contribution in [0.25, 0.3) is 44.7 Å². The van der Waals surface area contributed by atoms with Crippen LogP contribution < -0.4 is 0 Å². The van der Waals surface area contributed by atoms with E-state index in [4.69, 9.17) is 18.8 Å². The minimum Gasteiger partial charge on any atom is -0.449 e. The number of aliphatic hydroxyl groups is 1. The van der Waals surface area contributed by atoms with E-state index in [0.717, 1.165) is 22.3 Å². The van der Waals surface area contributed by atoms with Crippen LogP contribution in [-0.2, 0) is 14.4 Å². The fraction of sp³-hybridized carbons (Fsp3) is 0.446. The Balaban J connectivity index is 0.000000178. The number of piperazine rings is 2. The molecule has 1 N–H and O–H groups in total. The summed E-state index contributed by atoms with van der Waals surface area (Å²) in [6, 6.07) is 19.6. The quantitative estimate of drug-likeness (QED) is 0.155. The minimum atomic E-state index is -0.606. The molecule has 378 valence electrons.